The zero-order chi connectivity index (χ0) is 31.3. The lowest BCUT2D eigenvalue weighted by atomic mass is 10.1. The van der Waals surface area contributed by atoms with E-state index in [2.05, 4.69) is 47.8 Å². The molecule has 43 heavy (non-hydrogen) atoms. The molecule has 0 bridgehead atoms. The van der Waals surface area contributed by atoms with Gasteiger partial charge < -0.3 is 20.4 Å². The van der Waals surface area contributed by atoms with E-state index in [1.165, 1.54) is 0 Å². The minimum atomic E-state index is -0.955. The minimum Gasteiger partial charge on any atom is -0.474 e. The van der Waals surface area contributed by atoms with Crippen LogP contribution in [0.4, 0.5) is 11.8 Å². The Morgan fingerprint density at radius 3 is 2.37 bits per heavy atom. The Morgan fingerprint density at radius 1 is 1.14 bits per heavy atom. The normalized spacial score (nSPS) is 15.2. The second kappa shape index (κ2) is 14.2. The van der Waals surface area contributed by atoms with Crippen LogP contribution in [0, 0.1) is 6.92 Å². The summed E-state index contributed by atoms with van der Waals surface area (Å²) in [5, 5.41) is 22.8. The number of nitrogens with one attached hydrogen (secondary N) is 2. The maximum atomic E-state index is 12.9. The highest BCUT2D eigenvalue weighted by Crippen LogP contribution is 2.28. The van der Waals surface area contributed by atoms with Gasteiger partial charge in [0.25, 0.3) is 16.7 Å². The van der Waals surface area contributed by atoms with Crippen LogP contribution in [0.5, 0.6) is 0 Å². The van der Waals surface area contributed by atoms with Gasteiger partial charge in [-0.1, -0.05) is 12.1 Å². The Balaban J connectivity index is 1.63. The van der Waals surface area contributed by atoms with E-state index in [1.807, 2.05) is 25.1 Å². The van der Waals surface area contributed by atoms with Crippen LogP contribution in [0.2, 0.25) is 0 Å². The van der Waals surface area contributed by atoms with E-state index in [0.717, 1.165) is 12.1 Å². The van der Waals surface area contributed by atoms with Gasteiger partial charge in [0.15, 0.2) is 0 Å². The second-order valence-electron chi connectivity index (χ2n) is 11.4. The van der Waals surface area contributed by atoms with E-state index in [0.29, 0.717) is 82.8 Å². The first-order chi connectivity index (χ1) is 20.5. The average molecular weight is 611 g/mol. The number of carboxylic acid groups (broad SMARTS) is 1. The summed E-state index contributed by atoms with van der Waals surface area (Å²) in [6.45, 7) is 14.9. The summed E-state index contributed by atoms with van der Waals surface area (Å²) in [4.78, 5) is 47.4. The average Bonchev–Trinajstić information content (AvgIpc) is 3.29. The maximum absolute atomic E-state index is 12.9. The molecule has 1 fully saturated rings. The number of hydrogen-bond donors (Lipinski definition) is 4. The smallest absolute Gasteiger partial charge is 0.391 e. The number of carbonyl (C=O) groups is 2. The summed E-state index contributed by atoms with van der Waals surface area (Å²) < 4.78 is 0. The maximum Gasteiger partial charge on any atom is 0.391 e. The number of aromatic nitrogens is 3. The third-order valence-electron chi connectivity index (χ3n) is 7.71. The van der Waals surface area contributed by atoms with Crippen LogP contribution in [0.3, 0.4) is 0 Å². The number of H-pyrrole nitrogens is 1. The molecule has 12 heteroatoms. The minimum absolute atomic E-state index is 0.127. The summed E-state index contributed by atoms with van der Waals surface area (Å²) in [7, 11) is -0.713. The molecule has 1 aromatic carbocycles. The number of aromatic amines is 1. The molecule has 1 aliphatic heterocycles. The van der Waals surface area contributed by atoms with Gasteiger partial charge in [-0.2, -0.15) is 4.98 Å². The van der Waals surface area contributed by atoms with Gasteiger partial charge >= 0.3 is 10.8 Å². The SMILES string of the molecule is CC[s+]1c(C(=O)O)c(C)[nH]c1=Nc1nc(-c2ccc(C(=O)NCCN(C(C)C)C(C)C)cc2)cc(N2CCC(O)CC2)n1. The molecule has 0 spiro atoms. The van der Waals surface area contributed by atoms with Crippen LogP contribution < -0.4 is 15.0 Å². The van der Waals surface area contributed by atoms with E-state index in [9.17, 15) is 19.8 Å². The Morgan fingerprint density at radius 2 is 1.79 bits per heavy atom. The van der Waals surface area contributed by atoms with Gasteiger partial charge in [0.05, 0.1) is 17.5 Å². The number of anilines is 1. The Labute approximate surface area is 255 Å². The fourth-order valence-electron chi connectivity index (χ4n) is 5.46. The van der Waals surface area contributed by atoms with Crippen molar-refractivity contribution in [2.75, 3.05) is 31.1 Å². The van der Waals surface area contributed by atoms with Crippen molar-refractivity contribution in [1.29, 1.82) is 0 Å². The van der Waals surface area contributed by atoms with Gasteiger partial charge in [-0.3, -0.25) is 14.7 Å². The van der Waals surface area contributed by atoms with Gasteiger partial charge in [-0.05, 0) is 66.5 Å². The molecule has 0 saturated carbocycles. The van der Waals surface area contributed by atoms with Crippen LogP contribution >= 0.6 is 10.5 Å². The molecule has 3 aromatic rings. The summed E-state index contributed by atoms with van der Waals surface area (Å²) in [5.74, 6) is 0.433. The lowest BCUT2D eigenvalue weighted by Gasteiger charge is -2.30. The first-order valence-corrected chi connectivity index (χ1v) is 16.3. The second-order valence-corrected chi connectivity index (χ2v) is 13.5. The number of aliphatic hydroxyl groups is 1. The molecular weight excluding hydrogens is 566 g/mol. The van der Waals surface area contributed by atoms with Crippen molar-refractivity contribution in [3.05, 3.63) is 51.3 Å². The van der Waals surface area contributed by atoms with Crippen molar-refractivity contribution in [1.82, 2.24) is 25.2 Å². The summed E-state index contributed by atoms with van der Waals surface area (Å²) in [5.41, 5.74) is 2.59. The van der Waals surface area contributed by atoms with E-state index >= 15 is 0 Å². The molecule has 0 aliphatic carbocycles. The molecule has 1 atom stereocenters. The molecule has 1 unspecified atom stereocenters. The molecule has 1 aliphatic rings. The van der Waals surface area contributed by atoms with Gasteiger partial charge in [-0.15, -0.1) is 4.99 Å². The van der Waals surface area contributed by atoms with E-state index in [-0.39, 0.29) is 18.0 Å². The number of hydrogen-bond acceptors (Lipinski definition) is 8. The number of piperidine rings is 1. The molecule has 1 amide bonds. The third-order valence-corrected chi connectivity index (χ3v) is 9.92. The van der Waals surface area contributed by atoms with E-state index < -0.39 is 16.4 Å². The van der Waals surface area contributed by atoms with Crippen molar-refractivity contribution in [2.24, 2.45) is 4.99 Å². The zero-order valence-electron chi connectivity index (χ0n) is 25.9. The fourth-order valence-corrected chi connectivity index (χ4v) is 7.32. The van der Waals surface area contributed by atoms with Gasteiger partial charge in [0.1, 0.15) is 11.6 Å². The first-order valence-electron chi connectivity index (χ1n) is 15.0. The summed E-state index contributed by atoms with van der Waals surface area (Å²) in [6.07, 6.45) is 0.961. The standard InChI is InChI=1S/C31H43N7O4S/c1-7-43-27(29(41)42)21(6)33-31(43)36-30-34-25(18-26(35-30)37-15-12-24(39)13-16-37)22-8-10-23(11-9-22)28(40)32-14-17-38(19(2)3)20(4)5/h8-11,18-20,24,39H,7,12-17H2,1-6H3,(H2-,32,33,34,35,36,40,41,42)/p+1. The summed E-state index contributed by atoms with van der Waals surface area (Å²) in [6, 6.07) is 10.0. The topological polar surface area (TPSA) is 147 Å². The first kappa shape index (κ1) is 32.3. The molecule has 0 radical (unpaired) electrons. The molecule has 4 N–H and O–H groups in total. The number of aryl methyl sites for hydroxylation is 1. The molecular formula is C31H44N7O4S+. The van der Waals surface area contributed by atoms with Crippen molar-refractivity contribution in [3.63, 3.8) is 0 Å². The van der Waals surface area contributed by atoms with Crippen molar-refractivity contribution in [3.8, 4) is 11.3 Å². The quantitative estimate of drug-likeness (QED) is 0.235. The third kappa shape index (κ3) is 7.87. The number of thiazole rings is 1. The lowest BCUT2D eigenvalue weighted by molar-refractivity contribution is 0.0700. The number of aliphatic hydroxyl groups excluding tert-OH is 1. The van der Waals surface area contributed by atoms with Crippen LogP contribution in [0.1, 0.15) is 73.2 Å². The number of benzene rings is 1. The summed E-state index contributed by atoms with van der Waals surface area (Å²) >= 11 is 0. The molecule has 4 rings (SSSR count). The molecule has 232 valence electrons. The number of carbonyl (C=O) groups excluding carboxylic acids is 1. The fraction of sp³-hybridized carbons (Fsp3) is 0.516. The number of aromatic carboxylic acids is 1. The Kier molecular flexibility index (Phi) is 10.7. The zero-order valence-corrected chi connectivity index (χ0v) is 26.7. The molecule has 3 heterocycles. The molecule has 11 nitrogen and oxygen atoms in total. The molecule has 1 saturated heterocycles. The van der Waals surface area contributed by atoms with Gasteiger partial charge in [-0.25, -0.2) is 9.78 Å². The number of nitrogens with zero attached hydrogens (tertiary/aromatic N) is 5. The number of rotatable bonds is 11. The van der Waals surface area contributed by atoms with Crippen molar-refractivity contribution < 1.29 is 19.8 Å². The predicted molar refractivity (Wildman–Crippen MR) is 170 cm³/mol. The van der Waals surface area contributed by atoms with Crippen LogP contribution in [0.25, 0.3) is 11.3 Å². The largest absolute Gasteiger partial charge is 0.474 e. The van der Waals surface area contributed by atoms with Gasteiger partial charge in [0, 0.05) is 65.9 Å². The number of carboxylic acids is 1. The molecule has 2 aromatic heterocycles. The van der Waals surface area contributed by atoms with Crippen molar-refractivity contribution >= 4 is 34.1 Å². The lowest BCUT2D eigenvalue weighted by Crippen LogP contribution is -2.42. The highest BCUT2D eigenvalue weighted by Gasteiger charge is 2.27. The van der Waals surface area contributed by atoms with E-state index in [1.54, 1.807) is 19.1 Å². The van der Waals surface area contributed by atoms with Crippen molar-refractivity contribution in [2.45, 2.75) is 78.3 Å². The highest BCUT2D eigenvalue weighted by atomic mass is 32.2. The number of amides is 1. The van der Waals surface area contributed by atoms with Crippen LogP contribution in [-0.2, 0) is 5.75 Å². The monoisotopic (exact) mass is 610 g/mol. The Bertz CT molecular complexity index is 1480. The highest BCUT2D eigenvalue weighted by molar-refractivity contribution is 7.30. The van der Waals surface area contributed by atoms with Gasteiger partial charge in [0.2, 0.25) is 0 Å². The predicted octanol–water partition coefficient (Wildman–Crippen LogP) is 4.29. The van der Waals surface area contributed by atoms with E-state index in [4.69, 9.17) is 15.0 Å². The van der Waals surface area contributed by atoms with Crippen LogP contribution in [0.15, 0.2) is 35.3 Å². The Hall–Kier alpha value is -3.61. The van der Waals surface area contributed by atoms with Crippen LogP contribution in [-0.4, -0.2) is 86.3 Å².